The Balaban J connectivity index is 1.79. The second-order valence-electron chi connectivity index (χ2n) is 6.72. The zero-order valence-corrected chi connectivity index (χ0v) is 12.9. The van der Waals surface area contributed by atoms with Gasteiger partial charge in [-0.3, -0.25) is 4.90 Å². The molecule has 2 atom stereocenters. The molecule has 0 aromatic heterocycles. The fourth-order valence-electron chi connectivity index (χ4n) is 3.25. The first kappa shape index (κ1) is 15.2. The number of hydrogen-bond acceptors (Lipinski definition) is 4. The van der Waals surface area contributed by atoms with Crippen molar-refractivity contribution in [3.63, 3.8) is 0 Å². The van der Waals surface area contributed by atoms with Crippen LogP contribution in [0.3, 0.4) is 0 Å². The molecule has 0 amide bonds. The van der Waals surface area contributed by atoms with Gasteiger partial charge in [0.2, 0.25) is 0 Å². The molecule has 0 spiro atoms. The maximum absolute atomic E-state index is 5.80. The largest absolute Gasteiger partial charge is 0.379 e. The number of ether oxygens (including phenoxy) is 2. The molecule has 2 unspecified atom stereocenters. The van der Waals surface area contributed by atoms with E-state index in [0.29, 0.717) is 18.2 Å². The number of morpholine rings is 1. The van der Waals surface area contributed by atoms with Gasteiger partial charge in [-0.05, 0) is 40.5 Å². The number of hydrogen-bond donors (Lipinski definition) is 1. The van der Waals surface area contributed by atoms with E-state index in [1.165, 1.54) is 0 Å². The lowest BCUT2D eigenvalue weighted by atomic mass is 9.97. The predicted molar refractivity (Wildman–Crippen MR) is 77.5 cm³/mol. The van der Waals surface area contributed by atoms with Crippen LogP contribution in [0.15, 0.2) is 0 Å². The molecule has 1 N–H and O–H groups in total. The van der Waals surface area contributed by atoms with Crippen LogP contribution in [0.5, 0.6) is 0 Å². The second kappa shape index (κ2) is 6.53. The van der Waals surface area contributed by atoms with Crippen molar-refractivity contribution in [1.82, 2.24) is 10.2 Å². The summed E-state index contributed by atoms with van der Waals surface area (Å²) < 4.78 is 11.2. The zero-order chi connectivity index (χ0) is 13.9. The van der Waals surface area contributed by atoms with Gasteiger partial charge in [0.15, 0.2) is 0 Å². The summed E-state index contributed by atoms with van der Waals surface area (Å²) in [6.07, 6.45) is 3.02. The van der Waals surface area contributed by atoms with Gasteiger partial charge in [-0.2, -0.15) is 0 Å². The van der Waals surface area contributed by atoms with Gasteiger partial charge in [0.1, 0.15) is 0 Å². The molecule has 0 radical (unpaired) electrons. The minimum atomic E-state index is 0.203. The monoisotopic (exact) mass is 270 g/mol. The first-order valence-corrected chi connectivity index (χ1v) is 7.69. The van der Waals surface area contributed by atoms with Gasteiger partial charge in [0.25, 0.3) is 0 Å². The summed E-state index contributed by atoms with van der Waals surface area (Å²) in [6, 6.07) is 0.596. The van der Waals surface area contributed by atoms with E-state index >= 15 is 0 Å². The zero-order valence-electron chi connectivity index (χ0n) is 12.9. The van der Waals surface area contributed by atoms with Crippen LogP contribution in [-0.4, -0.2) is 61.5 Å². The molecule has 0 aromatic rings. The van der Waals surface area contributed by atoms with Crippen molar-refractivity contribution in [2.24, 2.45) is 0 Å². The van der Waals surface area contributed by atoms with E-state index in [9.17, 15) is 0 Å². The molecule has 4 heteroatoms. The molecule has 2 fully saturated rings. The van der Waals surface area contributed by atoms with Gasteiger partial charge in [-0.1, -0.05) is 0 Å². The number of rotatable bonds is 4. The molecular formula is C15H30N2O2. The van der Waals surface area contributed by atoms with Crippen LogP contribution in [0.25, 0.3) is 0 Å². The Morgan fingerprint density at radius 2 is 1.68 bits per heavy atom. The van der Waals surface area contributed by atoms with Crippen LogP contribution in [0.1, 0.15) is 40.5 Å². The lowest BCUT2D eigenvalue weighted by Gasteiger charge is -2.42. The molecule has 2 rings (SSSR count). The third-order valence-corrected chi connectivity index (χ3v) is 4.39. The maximum Gasteiger partial charge on any atom is 0.0594 e. The highest BCUT2D eigenvalue weighted by atomic mass is 16.5. The van der Waals surface area contributed by atoms with Gasteiger partial charge in [-0.25, -0.2) is 0 Å². The third kappa shape index (κ3) is 4.42. The summed E-state index contributed by atoms with van der Waals surface area (Å²) in [4.78, 5) is 2.54. The van der Waals surface area contributed by atoms with Gasteiger partial charge < -0.3 is 14.8 Å². The second-order valence-corrected chi connectivity index (χ2v) is 6.72. The van der Waals surface area contributed by atoms with Gasteiger partial charge in [0, 0.05) is 31.2 Å². The van der Waals surface area contributed by atoms with Crippen molar-refractivity contribution >= 4 is 0 Å². The van der Waals surface area contributed by atoms with Crippen molar-refractivity contribution < 1.29 is 9.47 Å². The summed E-state index contributed by atoms with van der Waals surface area (Å²) >= 11 is 0. The Morgan fingerprint density at radius 1 is 1.11 bits per heavy atom. The first-order valence-electron chi connectivity index (χ1n) is 7.69. The lowest BCUT2D eigenvalue weighted by Crippen LogP contribution is -2.56. The fourth-order valence-corrected chi connectivity index (χ4v) is 3.25. The molecule has 2 aliphatic heterocycles. The number of nitrogens with zero attached hydrogens (tertiary/aromatic N) is 1. The van der Waals surface area contributed by atoms with Crippen molar-refractivity contribution in [2.75, 3.05) is 32.8 Å². The molecule has 0 saturated carbocycles. The average molecular weight is 270 g/mol. The van der Waals surface area contributed by atoms with Gasteiger partial charge >= 0.3 is 0 Å². The van der Waals surface area contributed by atoms with Gasteiger partial charge in [-0.15, -0.1) is 0 Å². The standard InChI is InChI=1S/C15H30N2O2/c1-12-9-14(10-13(2)19-12)16-11-15(3,4)17-5-7-18-8-6-17/h12-14,16H,5-11H2,1-4H3. The van der Waals surface area contributed by atoms with Crippen molar-refractivity contribution in [3.8, 4) is 0 Å². The van der Waals surface area contributed by atoms with E-state index in [2.05, 4.69) is 37.9 Å². The molecule has 0 aliphatic carbocycles. The van der Waals surface area contributed by atoms with Crippen LogP contribution >= 0.6 is 0 Å². The summed E-state index contributed by atoms with van der Waals surface area (Å²) in [5.41, 5.74) is 0.203. The molecule has 2 aliphatic rings. The normalized spacial score (nSPS) is 34.4. The summed E-state index contributed by atoms with van der Waals surface area (Å²) in [5, 5.41) is 3.76. The number of nitrogens with one attached hydrogen (secondary N) is 1. The Kier molecular flexibility index (Phi) is 5.23. The van der Waals surface area contributed by atoms with E-state index in [4.69, 9.17) is 9.47 Å². The van der Waals surface area contributed by atoms with E-state index < -0.39 is 0 Å². The lowest BCUT2D eigenvalue weighted by molar-refractivity contribution is -0.0465. The summed E-state index contributed by atoms with van der Waals surface area (Å²) in [5.74, 6) is 0. The maximum atomic E-state index is 5.80. The smallest absolute Gasteiger partial charge is 0.0594 e. The average Bonchev–Trinajstić information content (AvgIpc) is 2.37. The van der Waals surface area contributed by atoms with Crippen LogP contribution in [0, 0.1) is 0 Å². The Hall–Kier alpha value is -0.160. The highest BCUT2D eigenvalue weighted by Crippen LogP contribution is 2.21. The topological polar surface area (TPSA) is 33.7 Å². The van der Waals surface area contributed by atoms with Gasteiger partial charge in [0.05, 0.1) is 25.4 Å². The predicted octanol–water partition coefficient (Wildman–Crippen LogP) is 1.64. The highest BCUT2D eigenvalue weighted by Gasteiger charge is 2.30. The van der Waals surface area contributed by atoms with Crippen LogP contribution in [0.4, 0.5) is 0 Å². The van der Waals surface area contributed by atoms with Crippen LogP contribution in [0.2, 0.25) is 0 Å². The molecule has 2 heterocycles. The van der Waals surface area contributed by atoms with E-state index in [1.807, 2.05) is 0 Å². The minimum Gasteiger partial charge on any atom is -0.379 e. The fraction of sp³-hybridized carbons (Fsp3) is 1.00. The van der Waals surface area contributed by atoms with E-state index in [-0.39, 0.29) is 5.54 Å². The van der Waals surface area contributed by atoms with Crippen molar-refractivity contribution in [3.05, 3.63) is 0 Å². The molecule has 4 nitrogen and oxygen atoms in total. The SMILES string of the molecule is CC1CC(NCC(C)(C)N2CCOCC2)CC(C)O1. The van der Waals surface area contributed by atoms with Crippen molar-refractivity contribution in [2.45, 2.75) is 64.3 Å². The van der Waals surface area contributed by atoms with E-state index in [0.717, 1.165) is 45.7 Å². The molecule has 0 aromatic carbocycles. The van der Waals surface area contributed by atoms with Crippen molar-refractivity contribution in [1.29, 1.82) is 0 Å². The highest BCUT2D eigenvalue weighted by molar-refractivity contribution is 4.88. The molecular weight excluding hydrogens is 240 g/mol. The molecule has 112 valence electrons. The molecule has 0 bridgehead atoms. The Morgan fingerprint density at radius 3 is 2.26 bits per heavy atom. The molecule has 19 heavy (non-hydrogen) atoms. The summed E-state index contributed by atoms with van der Waals surface area (Å²) in [7, 11) is 0. The quantitative estimate of drug-likeness (QED) is 0.842. The third-order valence-electron chi connectivity index (χ3n) is 4.39. The Labute approximate surface area is 117 Å². The van der Waals surface area contributed by atoms with E-state index in [1.54, 1.807) is 0 Å². The Bertz CT molecular complexity index is 267. The van der Waals surface area contributed by atoms with Crippen LogP contribution in [-0.2, 0) is 9.47 Å². The summed E-state index contributed by atoms with van der Waals surface area (Å²) in [6.45, 7) is 13.9. The first-order chi connectivity index (χ1) is 8.97. The minimum absolute atomic E-state index is 0.203. The van der Waals surface area contributed by atoms with Crippen LogP contribution < -0.4 is 5.32 Å². The molecule has 2 saturated heterocycles.